The fourth-order valence-electron chi connectivity index (χ4n) is 2.43. The van der Waals surface area contributed by atoms with Crippen molar-refractivity contribution < 1.29 is 9.59 Å². The largest absolute Gasteiger partial charge is 0.329 e. The highest BCUT2D eigenvalue weighted by atomic mass is 79.9. The highest BCUT2D eigenvalue weighted by Crippen LogP contribution is 2.40. The summed E-state index contributed by atoms with van der Waals surface area (Å²) in [6.07, 6.45) is 0.565. The summed E-state index contributed by atoms with van der Waals surface area (Å²) in [5, 5.41) is 2.73. The van der Waals surface area contributed by atoms with Gasteiger partial charge in [-0.1, -0.05) is 52.3 Å². The van der Waals surface area contributed by atoms with Crippen LogP contribution in [0.3, 0.4) is 0 Å². The van der Waals surface area contributed by atoms with E-state index in [1.807, 2.05) is 48.5 Å². The lowest BCUT2D eigenvalue weighted by Gasteiger charge is -2.34. The van der Waals surface area contributed by atoms with E-state index in [1.165, 1.54) is 4.90 Å². The van der Waals surface area contributed by atoms with Crippen LogP contribution in [0.1, 0.15) is 17.2 Å². The van der Waals surface area contributed by atoms with Crippen molar-refractivity contribution in [1.29, 1.82) is 0 Å². The third-order valence-electron chi connectivity index (χ3n) is 3.31. The van der Waals surface area contributed by atoms with E-state index in [9.17, 15) is 9.59 Å². The molecule has 0 aliphatic carbocycles. The fraction of sp³-hybridized carbons (Fsp3) is 0.0667. The van der Waals surface area contributed by atoms with Crippen LogP contribution in [0.15, 0.2) is 53.0 Å². The number of anilines is 1. The number of urea groups is 1. The number of benzene rings is 2. The first-order chi connectivity index (χ1) is 9.72. The van der Waals surface area contributed by atoms with E-state index in [1.54, 1.807) is 0 Å². The molecule has 2 aromatic rings. The molecule has 0 bridgehead atoms. The normalized spacial score (nSPS) is 17.4. The van der Waals surface area contributed by atoms with Crippen molar-refractivity contribution in [1.82, 2.24) is 4.90 Å². The minimum absolute atomic E-state index is 0.417. The number of carbonyl (C=O) groups excluding carboxylic acids is 2. The van der Waals surface area contributed by atoms with Crippen LogP contribution >= 0.6 is 15.9 Å². The number of hydrogen-bond donors (Lipinski definition) is 1. The van der Waals surface area contributed by atoms with Crippen molar-refractivity contribution in [2.24, 2.45) is 0 Å². The number of hydrogen-bond acceptors (Lipinski definition) is 2. The van der Waals surface area contributed by atoms with Crippen molar-refractivity contribution in [3.05, 3.63) is 64.1 Å². The number of fused-ring (bicyclic) bond motifs is 1. The second kappa shape index (κ2) is 5.09. The van der Waals surface area contributed by atoms with Crippen LogP contribution < -0.4 is 5.32 Å². The summed E-state index contributed by atoms with van der Waals surface area (Å²) >= 11 is 3.50. The number of halogens is 1. The van der Waals surface area contributed by atoms with Crippen molar-refractivity contribution in [2.45, 2.75) is 6.04 Å². The smallest absolute Gasteiger partial charge is 0.307 e. The fourth-order valence-corrected chi connectivity index (χ4v) is 3.01. The monoisotopic (exact) mass is 330 g/mol. The Labute approximate surface area is 124 Å². The number of rotatable bonds is 2. The Hall–Kier alpha value is -2.14. The highest BCUT2D eigenvalue weighted by Gasteiger charge is 2.34. The Morgan fingerprint density at radius 3 is 2.55 bits per heavy atom. The lowest BCUT2D eigenvalue weighted by Crippen LogP contribution is -2.42. The van der Waals surface area contributed by atoms with Gasteiger partial charge >= 0.3 is 6.03 Å². The highest BCUT2D eigenvalue weighted by molar-refractivity contribution is 9.10. The first-order valence-electron chi connectivity index (χ1n) is 6.10. The second-order valence-electron chi connectivity index (χ2n) is 4.46. The van der Waals surface area contributed by atoms with E-state index >= 15 is 0 Å². The summed E-state index contributed by atoms with van der Waals surface area (Å²) in [7, 11) is 0. The van der Waals surface area contributed by atoms with Crippen LogP contribution in [0.25, 0.3) is 0 Å². The molecule has 0 aromatic heterocycles. The van der Waals surface area contributed by atoms with Crippen molar-refractivity contribution in [2.75, 3.05) is 5.32 Å². The molecule has 0 saturated carbocycles. The molecule has 1 aliphatic heterocycles. The van der Waals surface area contributed by atoms with Crippen LogP contribution in [-0.2, 0) is 4.79 Å². The predicted octanol–water partition coefficient (Wildman–Crippen LogP) is 3.54. The predicted molar refractivity (Wildman–Crippen MR) is 79.3 cm³/mol. The average molecular weight is 331 g/mol. The van der Waals surface area contributed by atoms with E-state index < -0.39 is 12.1 Å². The molecule has 0 radical (unpaired) electrons. The van der Waals surface area contributed by atoms with Gasteiger partial charge in [-0.2, -0.15) is 0 Å². The first kappa shape index (κ1) is 12.9. The molecule has 1 aliphatic rings. The van der Waals surface area contributed by atoms with E-state index in [0.717, 1.165) is 21.3 Å². The number of nitrogens with one attached hydrogen (secondary N) is 1. The molecular formula is C15H11BrN2O2. The SMILES string of the molecule is O=CN1C(=O)Nc2cccc(Br)c2C1c1ccccc1. The Balaban J connectivity index is 2.24. The van der Waals surface area contributed by atoms with Gasteiger partial charge in [0.1, 0.15) is 0 Å². The van der Waals surface area contributed by atoms with Gasteiger partial charge in [-0.15, -0.1) is 0 Å². The molecule has 0 saturated heterocycles. The zero-order chi connectivity index (χ0) is 14.1. The summed E-state index contributed by atoms with van der Waals surface area (Å²) in [6, 6.07) is 14.2. The molecule has 4 nitrogen and oxygen atoms in total. The van der Waals surface area contributed by atoms with Gasteiger partial charge in [0.25, 0.3) is 0 Å². The van der Waals surface area contributed by atoms with Gasteiger partial charge in [-0.3, -0.25) is 9.69 Å². The zero-order valence-corrected chi connectivity index (χ0v) is 12.0. The van der Waals surface area contributed by atoms with Gasteiger partial charge in [0.2, 0.25) is 6.41 Å². The first-order valence-corrected chi connectivity index (χ1v) is 6.89. The molecule has 100 valence electrons. The van der Waals surface area contributed by atoms with Gasteiger partial charge in [-0.25, -0.2) is 4.79 Å². The molecule has 1 N–H and O–H groups in total. The molecule has 3 rings (SSSR count). The van der Waals surface area contributed by atoms with Gasteiger partial charge in [-0.05, 0) is 17.7 Å². The van der Waals surface area contributed by atoms with Gasteiger partial charge in [0.05, 0.1) is 6.04 Å². The lowest BCUT2D eigenvalue weighted by atomic mass is 9.94. The van der Waals surface area contributed by atoms with Crippen molar-refractivity contribution in [3.8, 4) is 0 Å². The number of carbonyl (C=O) groups is 2. The third-order valence-corrected chi connectivity index (χ3v) is 4.00. The van der Waals surface area contributed by atoms with Crippen LogP contribution in [-0.4, -0.2) is 17.3 Å². The van der Waals surface area contributed by atoms with Crippen LogP contribution in [0.2, 0.25) is 0 Å². The summed E-state index contributed by atoms with van der Waals surface area (Å²) in [6.45, 7) is 0. The Morgan fingerprint density at radius 1 is 1.10 bits per heavy atom. The molecule has 0 fully saturated rings. The van der Waals surface area contributed by atoms with E-state index in [-0.39, 0.29) is 0 Å². The molecule has 3 amide bonds. The minimum atomic E-state index is -0.423. The molecule has 20 heavy (non-hydrogen) atoms. The lowest BCUT2D eigenvalue weighted by molar-refractivity contribution is -0.116. The summed E-state index contributed by atoms with van der Waals surface area (Å²) < 4.78 is 0.857. The zero-order valence-electron chi connectivity index (χ0n) is 10.4. The molecule has 0 spiro atoms. The molecule has 5 heteroatoms. The molecule has 1 atom stereocenters. The van der Waals surface area contributed by atoms with E-state index in [4.69, 9.17) is 0 Å². The summed E-state index contributed by atoms with van der Waals surface area (Å²) in [4.78, 5) is 24.5. The maximum Gasteiger partial charge on any atom is 0.329 e. The molecule has 1 unspecified atom stereocenters. The Bertz CT molecular complexity index is 673. The quantitative estimate of drug-likeness (QED) is 0.856. The van der Waals surface area contributed by atoms with Crippen LogP contribution in [0.5, 0.6) is 0 Å². The average Bonchev–Trinajstić information content (AvgIpc) is 2.47. The number of nitrogens with zero attached hydrogens (tertiary/aromatic N) is 1. The standard InChI is InChI=1S/C15H11BrN2O2/c16-11-7-4-8-12-13(11)14(10-5-2-1-3-6-10)18(9-19)15(20)17-12/h1-9,14H,(H,17,20). The molecule has 2 aromatic carbocycles. The van der Waals surface area contributed by atoms with Crippen molar-refractivity contribution in [3.63, 3.8) is 0 Å². The van der Waals surface area contributed by atoms with E-state index in [0.29, 0.717) is 6.41 Å². The number of imide groups is 1. The summed E-state index contributed by atoms with van der Waals surface area (Å²) in [5.41, 5.74) is 2.49. The molecular weight excluding hydrogens is 320 g/mol. The topological polar surface area (TPSA) is 49.4 Å². The maximum atomic E-state index is 12.1. The van der Waals surface area contributed by atoms with E-state index in [2.05, 4.69) is 21.2 Å². The second-order valence-corrected chi connectivity index (χ2v) is 5.31. The van der Waals surface area contributed by atoms with Crippen LogP contribution in [0, 0.1) is 0 Å². The number of amides is 3. The molecule has 1 heterocycles. The van der Waals surface area contributed by atoms with Gasteiger partial charge in [0, 0.05) is 15.7 Å². The third kappa shape index (κ3) is 2.00. The van der Waals surface area contributed by atoms with Gasteiger partial charge in [0.15, 0.2) is 0 Å². The van der Waals surface area contributed by atoms with Gasteiger partial charge < -0.3 is 5.32 Å². The van der Waals surface area contributed by atoms with Crippen molar-refractivity contribution >= 4 is 34.1 Å². The Kier molecular flexibility index (Phi) is 3.28. The summed E-state index contributed by atoms with van der Waals surface area (Å²) in [5.74, 6) is 0. The minimum Gasteiger partial charge on any atom is -0.307 e. The van der Waals surface area contributed by atoms with Crippen LogP contribution in [0.4, 0.5) is 10.5 Å². The Morgan fingerprint density at radius 2 is 1.85 bits per heavy atom. The maximum absolute atomic E-state index is 12.1.